The Kier molecular flexibility index (Phi) is 5.01. The average molecular weight is 357 g/mol. The molecule has 3 aromatic rings. The summed E-state index contributed by atoms with van der Waals surface area (Å²) in [4.78, 5) is 15.8. The van der Waals surface area contributed by atoms with Gasteiger partial charge in [0.15, 0.2) is 5.78 Å². The predicted octanol–water partition coefficient (Wildman–Crippen LogP) is 3.11. The van der Waals surface area contributed by atoms with E-state index in [1.54, 1.807) is 6.20 Å². The fourth-order valence-electron chi connectivity index (χ4n) is 2.84. The molecule has 0 atom stereocenters. The van der Waals surface area contributed by atoms with Crippen molar-refractivity contribution in [1.29, 1.82) is 0 Å². The number of nitrogens with one attached hydrogen (secondary N) is 1. The summed E-state index contributed by atoms with van der Waals surface area (Å²) in [6.45, 7) is 0.0737. The van der Waals surface area contributed by atoms with Gasteiger partial charge in [0, 0.05) is 29.1 Å². The molecule has 0 unspecified atom stereocenters. The van der Waals surface area contributed by atoms with Gasteiger partial charge in [-0.05, 0) is 17.5 Å². The van der Waals surface area contributed by atoms with Gasteiger partial charge < -0.3 is 4.98 Å². The average Bonchev–Trinajstić information content (AvgIpc) is 3.00. The third-order valence-corrected chi connectivity index (χ3v) is 4.57. The van der Waals surface area contributed by atoms with Gasteiger partial charge in [-0.15, -0.1) is 0 Å². The van der Waals surface area contributed by atoms with Gasteiger partial charge in [0.1, 0.15) is 0 Å². The number of para-hydroxylation sites is 1. The van der Waals surface area contributed by atoms with E-state index in [1.165, 1.54) is 0 Å². The quantitative estimate of drug-likeness (QED) is 0.521. The Bertz CT molecular complexity index is 991. The van der Waals surface area contributed by atoms with Crippen molar-refractivity contribution in [2.75, 3.05) is 12.9 Å². The number of Topliss-reactive ketones (excluding diaryl/α,β-unsaturated/α-hetero) is 1. The lowest BCUT2D eigenvalue weighted by Gasteiger charge is -2.05. The van der Waals surface area contributed by atoms with Crippen molar-refractivity contribution < 1.29 is 17.4 Å². The lowest BCUT2D eigenvalue weighted by molar-refractivity contribution is 0.0994. The van der Waals surface area contributed by atoms with Gasteiger partial charge in [-0.25, -0.2) is 0 Å². The molecule has 0 fully saturated rings. The molecule has 0 aliphatic carbocycles. The van der Waals surface area contributed by atoms with Gasteiger partial charge in [0.05, 0.1) is 12.9 Å². The van der Waals surface area contributed by atoms with Gasteiger partial charge >= 0.3 is 0 Å². The zero-order valence-corrected chi connectivity index (χ0v) is 14.7. The molecular weight excluding hydrogens is 338 g/mol. The number of aromatic amines is 1. The number of fused-ring (bicyclic) bond motifs is 1. The fraction of sp³-hybridized carbons (Fsp3) is 0.211. The Morgan fingerprint density at radius 2 is 1.84 bits per heavy atom. The van der Waals surface area contributed by atoms with E-state index in [0.717, 1.165) is 28.3 Å². The number of hydrogen-bond donors (Lipinski definition) is 1. The van der Waals surface area contributed by atoms with Gasteiger partial charge in [-0.2, -0.15) is 8.42 Å². The molecule has 1 N–H and O–H groups in total. The molecule has 2 aromatic carbocycles. The molecular formula is C19H19NO4S. The van der Waals surface area contributed by atoms with Crippen molar-refractivity contribution in [2.45, 2.75) is 12.8 Å². The van der Waals surface area contributed by atoms with E-state index >= 15 is 0 Å². The summed E-state index contributed by atoms with van der Waals surface area (Å²) < 4.78 is 27.0. The van der Waals surface area contributed by atoms with Crippen LogP contribution in [0, 0.1) is 0 Å². The second-order valence-corrected chi connectivity index (χ2v) is 7.55. The minimum Gasteiger partial charge on any atom is -0.360 e. The number of aromatic nitrogens is 1. The Labute approximate surface area is 146 Å². The predicted molar refractivity (Wildman–Crippen MR) is 97.3 cm³/mol. The minimum atomic E-state index is -3.45. The van der Waals surface area contributed by atoms with Crippen LogP contribution in [-0.2, 0) is 27.1 Å². The molecule has 25 heavy (non-hydrogen) atoms. The Balaban J connectivity index is 1.82. The van der Waals surface area contributed by atoms with Gasteiger partial charge in [-0.3, -0.25) is 8.98 Å². The highest BCUT2D eigenvalue weighted by Gasteiger charge is 2.14. The van der Waals surface area contributed by atoms with E-state index in [-0.39, 0.29) is 12.4 Å². The van der Waals surface area contributed by atoms with E-state index in [4.69, 9.17) is 4.18 Å². The molecule has 0 radical (unpaired) electrons. The van der Waals surface area contributed by atoms with Crippen LogP contribution in [0.15, 0.2) is 54.7 Å². The first-order valence-electron chi connectivity index (χ1n) is 7.94. The first-order chi connectivity index (χ1) is 11.9. The maximum absolute atomic E-state index is 12.6. The second kappa shape index (κ2) is 7.21. The number of benzene rings is 2. The summed E-state index contributed by atoms with van der Waals surface area (Å²) in [6.07, 6.45) is 3.53. The topological polar surface area (TPSA) is 76.2 Å². The zero-order chi connectivity index (χ0) is 17.9. The van der Waals surface area contributed by atoms with E-state index in [1.807, 2.05) is 48.5 Å². The van der Waals surface area contributed by atoms with Crippen LogP contribution in [0.25, 0.3) is 10.9 Å². The molecule has 0 spiro atoms. The lowest BCUT2D eigenvalue weighted by Crippen LogP contribution is -2.06. The van der Waals surface area contributed by atoms with Crippen LogP contribution in [0.2, 0.25) is 0 Å². The number of hydrogen-bond acceptors (Lipinski definition) is 4. The number of ketones is 1. The van der Waals surface area contributed by atoms with Crippen molar-refractivity contribution in [2.24, 2.45) is 0 Å². The summed E-state index contributed by atoms with van der Waals surface area (Å²) in [5.74, 6) is 0.0435. The van der Waals surface area contributed by atoms with Crippen LogP contribution in [0.5, 0.6) is 0 Å². The fourth-order valence-corrected chi connectivity index (χ4v) is 3.22. The molecule has 0 saturated heterocycles. The SMILES string of the molecule is CS(=O)(=O)OCCc1cccc2c(C(=O)Cc3ccccc3)c[nH]c12. The number of H-pyrrole nitrogens is 1. The lowest BCUT2D eigenvalue weighted by atomic mass is 10.0. The van der Waals surface area contributed by atoms with Crippen molar-refractivity contribution in [3.8, 4) is 0 Å². The maximum atomic E-state index is 12.6. The number of rotatable bonds is 7. The summed E-state index contributed by atoms with van der Waals surface area (Å²) in [7, 11) is -3.45. The molecule has 1 aromatic heterocycles. The second-order valence-electron chi connectivity index (χ2n) is 5.90. The molecule has 0 aliphatic heterocycles. The molecule has 1 heterocycles. The van der Waals surface area contributed by atoms with E-state index in [9.17, 15) is 13.2 Å². The highest BCUT2D eigenvalue weighted by Crippen LogP contribution is 2.23. The van der Waals surface area contributed by atoms with Crippen molar-refractivity contribution in [3.05, 3.63) is 71.4 Å². The molecule has 130 valence electrons. The zero-order valence-electron chi connectivity index (χ0n) is 13.9. The summed E-state index contributed by atoms with van der Waals surface area (Å²) in [6, 6.07) is 15.3. The summed E-state index contributed by atoms with van der Waals surface area (Å²) in [5.41, 5.74) is 3.38. The number of carbonyl (C=O) groups is 1. The van der Waals surface area contributed by atoms with E-state index < -0.39 is 10.1 Å². The molecule has 3 rings (SSSR count). The third kappa shape index (κ3) is 4.35. The van der Waals surface area contributed by atoms with Crippen LogP contribution in [-0.4, -0.2) is 32.0 Å². The summed E-state index contributed by atoms with van der Waals surface area (Å²) in [5, 5.41) is 0.845. The Hall–Kier alpha value is -2.44. The van der Waals surface area contributed by atoms with Crippen molar-refractivity contribution in [3.63, 3.8) is 0 Å². The van der Waals surface area contributed by atoms with Gasteiger partial charge in [0.2, 0.25) is 0 Å². The number of carbonyl (C=O) groups excluding carboxylic acids is 1. The molecule has 0 aliphatic rings. The van der Waals surface area contributed by atoms with Crippen LogP contribution in [0.3, 0.4) is 0 Å². The standard InChI is InChI=1S/C19H19NO4S/c1-25(22,23)24-11-10-15-8-5-9-16-17(13-20-19(15)16)18(21)12-14-6-3-2-4-7-14/h2-9,13,20H,10-12H2,1H3. The largest absolute Gasteiger partial charge is 0.360 e. The molecule has 6 heteroatoms. The van der Waals surface area contributed by atoms with Gasteiger partial charge in [0.25, 0.3) is 10.1 Å². The Morgan fingerprint density at radius 1 is 1.08 bits per heavy atom. The highest BCUT2D eigenvalue weighted by atomic mass is 32.2. The van der Waals surface area contributed by atoms with Crippen LogP contribution >= 0.6 is 0 Å². The molecule has 0 saturated carbocycles. The third-order valence-electron chi connectivity index (χ3n) is 3.98. The highest BCUT2D eigenvalue weighted by molar-refractivity contribution is 7.85. The van der Waals surface area contributed by atoms with Gasteiger partial charge in [-0.1, -0.05) is 48.5 Å². The van der Waals surface area contributed by atoms with E-state index in [2.05, 4.69) is 4.98 Å². The monoisotopic (exact) mass is 357 g/mol. The molecule has 0 bridgehead atoms. The Morgan fingerprint density at radius 3 is 2.56 bits per heavy atom. The first-order valence-corrected chi connectivity index (χ1v) is 9.76. The van der Waals surface area contributed by atoms with Crippen LogP contribution in [0.4, 0.5) is 0 Å². The minimum absolute atomic E-state index is 0.0435. The normalized spacial score (nSPS) is 11.7. The van der Waals surface area contributed by atoms with Crippen LogP contribution < -0.4 is 0 Å². The van der Waals surface area contributed by atoms with E-state index in [0.29, 0.717) is 18.4 Å². The maximum Gasteiger partial charge on any atom is 0.264 e. The smallest absolute Gasteiger partial charge is 0.264 e. The van der Waals surface area contributed by atoms with Crippen molar-refractivity contribution >= 4 is 26.8 Å². The van der Waals surface area contributed by atoms with Crippen molar-refractivity contribution in [1.82, 2.24) is 4.98 Å². The molecule has 5 nitrogen and oxygen atoms in total. The molecule has 0 amide bonds. The first kappa shape index (κ1) is 17.4. The van der Waals surface area contributed by atoms with Crippen LogP contribution in [0.1, 0.15) is 21.5 Å². The summed E-state index contributed by atoms with van der Waals surface area (Å²) >= 11 is 0.